The minimum absolute atomic E-state index is 0.907. The molecule has 94 valence electrons. The third-order valence-corrected chi connectivity index (χ3v) is 4.27. The van der Waals surface area contributed by atoms with Gasteiger partial charge in [0.05, 0.1) is 4.47 Å². The second-order valence-corrected chi connectivity index (χ2v) is 5.86. The van der Waals surface area contributed by atoms with Crippen LogP contribution in [0.5, 0.6) is 0 Å². The zero-order chi connectivity index (χ0) is 12.3. The van der Waals surface area contributed by atoms with Gasteiger partial charge >= 0.3 is 0 Å². The Kier molecular flexibility index (Phi) is 4.43. The Hall–Kier alpha value is -0.570. The summed E-state index contributed by atoms with van der Waals surface area (Å²) in [5.41, 5.74) is 1.21. The van der Waals surface area contributed by atoms with Gasteiger partial charge in [0.1, 0.15) is 5.82 Å². The monoisotopic (exact) mass is 296 g/mol. The maximum Gasteiger partial charge on any atom is 0.142 e. The quantitative estimate of drug-likeness (QED) is 0.814. The second kappa shape index (κ2) is 5.85. The van der Waals surface area contributed by atoms with Crippen molar-refractivity contribution in [2.45, 2.75) is 39.5 Å². The van der Waals surface area contributed by atoms with E-state index in [0.29, 0.717) is 0 Å². The van der Waals surface area contributed by atoms with Gasteiger partial charge in [-0.15, -0.1) is 0 Å². The zero-order valence-corrected chi connectivity index (χ0v) is 12.3. The highest BCUT2D eigenvalue weighted by Crippen LogP contribution is 2.28. The summed E-state index contributed by atoms with van der Waals surface area (Å²) in [7, 11) is 0. The van der Waals surface area contributed by atoms with Gasteiger partial charge < -0.3 is 4.90 Å². The molecule has 17 heavy (non-hydrogen) atoms. The summed E-state index contributed by atoms with van der Waals surface area (Å²) in [6, 6.07) is 2.16. The first-order valence-electron chi connectivity index (χ1n) is 6.57. The minimum Gasteiger partial charge on any atom is -0.356 e. The van der Waals surface area contributed by atoms with Gasteiger partial charge in [0.15, 0.2) is 0 Å². The van der Waals surface area contributed by atoms with E-state index >= 15 is 0 Å². The number of pyridine rings is 1. The van der Waals surface area contributed by atoms with Crippen LogP contribution in [0.3, 0.4) is 0 Å². The van der Waals surface area contributed by atoms with Crippen molar-refractivity contribution in [3.8, 4) is 0 Å². The van der Waals surface area contributed by atoms with Crippen molar-refractivity contribution < 1.29 is 0 Å². The van der Waals surface area contributed by atoms with E-state index in [-0.39, 0.29) is 0 Å². The molecule has 0 spiro atoms. The van der Waals surface area contributed by atoms with Crippen LogP contribution in [-0.2, 0) is 0 Å². The lowest BCUT2D eigenvalue weighted by atomic mass is 9.98. The van der Waals surface area contributed by atoms with Crippen molar-refractivity contribution in [3.05, 3.63) is 22.3 Å². The van der Waals surface area contributed by atoms with Crippen LogP contribution in [-0.4, -0.2) is 18.1 Å². The number of halogens is 1. The number of nitrogens with zero attached hydrogens (tertiary/aromatic N) is 2. The molecular formula is C14H21BrN2. The molecule has 1 fully saturated rings. The van der Waals surface area contributed by atoms with Crippen molar-refractivity contribution in [2.75, 3.05) is 18.0 Å². The van der Waals surface area contributed by atoms with Gasteiger partial charge in [-0.2, -0.15) is 0 Å². The lowest BCUT2D eigenvalue weighted by Gasteiger charge is -2.23. The van der Waals surface area contributed by atoms with E-state index in [0.717, 1.165) is 29.3 Å². The first-order valence-corrected chi connectivity index (χ1v) is 7.37. The van der Waals surface area contributed by atoms with E-state index in [2.05, 4.69) is 45.7 Å². The van der Waals surface area contributed by atoms with Gasteiger partial charge in [0, 0.05) is 19.3 Å². The van der Waals surface area contributed by atoms with Crippen LogP contribution in [0.2, 0.25) is 0 Å². The van der Waals surface area contributed by atoms with Crippen molar-refractivity contribution in [2.24, 2.45) is 5.92 Å². The number of aryl methyl sites for hydroxylation is 1. The Balaban J connectivity index is 2.11. The van der Waals surface area contributed by atoms with Crippen LogP contribution >= 0.6 is 15.9 Å². The SMILES string of the molecule is CCC1CCCN(c2ncc(C)cc2Br)CC1. The molecule has 1 unspecified atom stereocenters. The first kappa shape index (κ1) is 12.9. The molecule has 0 saturated carbocycles. The average molecular weight is 297 g/mol. The number of aromatic nitrogens is 1. The normalized spacial score (nSPS) is 21.4. The maximum absolute atomic E-state index is 4.57. The third-order valence-electron chi connectivity index (χ3n) is 3.68. The Labute approximate surface area is 113 Å². The molecule has 3 heteroatoms. The maximum atomic E-state index is 4.57. The lowest BCUT2D eigenvalue weighted by molar-refractivity contribution is 0.459. The summed E-state index contributed by atoms with van der Waals surface area (Å²) in [6.45, 7) is 6.68. The second-order valence-electron chi connectivity index (χ2n) is 5.01. The fourth-order valence-corrected chi connectivity index (χ4v) is 3.26. The number of rotatable bonds is 2. The lowest BCUT2D eigenvalue weighted by Crippen LogP contribution is -2.25. The standard InChI is InChI=1S/C14H21BrN2/c1-3-12-5-4-7-17(8-6-12)14-13(15)9-11(2)10-16-14/h9-10,12H,3-8H2,1-2H3. The summed E-state index contributed by atoms with van der Waals surface area (Å²) in [6.07, 6.45) is 7.24. The molecule has 1 saturated heterocycles. The molecule has 1 aliphatic rings. The van der Waals surface area contributed by atoms with Gasteiger partial charge in [-0.1, -0.05) is 13.3 Å². The van der Waals surface area contributed by atoms with Gasteiger partial charge in [-0.3, -0.25) is 0 Å². The molecular weight excluding hydrogens is 276 g/mol. The van der Waals surface area contributed by atoms with Crippen LogP contribution in [0.15, 0.2) is 16.7 Å². The topological polar surface area (TPSA) is 16.1 Å². The van der Waals surface area contributed by atoms with E-state index in [1.54, 1.807) is 0 Å². The Morgan fingerprint density at radius 3 is 2.94 bits per heavy atom. The summed E-state index contributed by atoms with van der Waals surface area (Å²) in [5.74, 6) is 2.02. The van der Waals surface area contributed by atoms with Crippen LogP contribution in [0.25, 0.3) is 0 Å². The van der Waals surface area contributed by atoms with E-state index < -0.39 is 0 Å². The van der Waals surface area contributed by atoms with E-state index in [1.165, 1.54) is 31.2 Å². The molecule has 0 amide bonds. The number of hydrogen-bond donors (Lipinski definition) is 0. The predicted octanol–water partition coefficient (Wildman–Crippen LogP) is 4.17. The summed E-state index contributed by atoms with van der Waals surface area (Å²) in [5, 5.41) is 0. The largest absolute Gasteiger partial charge is 0.356 e. The molecule has 1 aromatic rings. The smallest absolute Gasteiger partial charge is 0.142 e. The summed E-state index contributed by atoms with van der Waals surface area (Å²) < 4.78 is 1.13. The van der Waals surface area contributed by atoms with Crippen molar-refractivity contribution >= 4 is 21.7 Å². The van der Waals surface area contributed by atoms with Crippen LogP contribution < -0.4 is 4.90 Å². The molecule has 0 N–H and O–H groups in total. The molecule has 1 aromatic heterocycles. The molecule has 0 radical (unpaired) electrons. The van der Waals surface area contributed by atoms with E-state index in [1.807, 2.05) is 6.20 Å². The molecule has 2 heterocycles. The fraction of sp³-hybridized carbons (Fsp3) is 0.643. The van der Waals surface area contributed by atoms with Gasteiger partial charge in [-0.05, 0) is 59.7 Å². The number of anilines is 1. The first-order chi connectivity index (χ1) is 8.20. The van der Waals surface area contributed by atoms with Crippen molar-refractivity contribution in [3.63, 3.8) is 0 Å². The summed E-state index contributed by atoms with van der Waals surface area (Å²) >= 11 is 3.64. The molecule has 0 aromatic carbocycles. The van der Waals surface area contributed by atoms with E-state index in [4.69, 9.17) is 0 Å². The molecule has 2 nitrogen and oxygen atoms in total. The van der Waals surface area contributed by atoms with Crippen LogP contribution in [0, 0.1) is 12.8 Å². The van der Waals surface area contributed by atoms with Gasteiger partial charge in [-0.25, -0.2) is 4.98 Å². The van der Waals surface area contributed by atoms with E-state index in [9.17, 15) is 0 Å². The molecule has 2 rings (SSSR count). The van der Waals surface area contributed by atoms with Crippen LogP contribution in [0.4, 0.5) is 5.82 Å². The van der Waals surface area contributed by atoms with Gasteiger partial charge in [0.25, 0.3) is 0 Å². The van der Waals surface area contributed by atoms with Crippen molar-refractivity contribution in [1.29, 1.82) is 0 Å². The Bertz CT molecular complexity index is 378. The molecule has 1 atom stereocenters. The Morgan fingerprint density at radius 1 is 1.41 bits per heavy atom. The minimum atomic E-state index is 0.907. The van der Waals surface area contributed by atoms with Gasteiger partial charge in [0.2, 0.25) is 0 Å². The predicted molar refractivity (Wildman–Crippen MR) is 76.5 cm³/mol. The van der Waals surface area contributed by atoms with Crippen LogP contribution in [0.1, 0.15) is 38.2 Å². The molecule has 0 bridgehead atoms. The average Bonchev–Trinajstić information content (AvgIpc) is 2.54. The third kappa shape index (κ3) is 3.21. The fourth-order valence-electron chi connectivity index (χ4n) is 2.54. The Morgan fingerprint density at radius 2 is 2.24 bits per heavy atom. The zero-order valence-electron chi connectivity index (χ0n) is 10.7. The molecule has 1 aliphatic heterocycles. The summed E-state index contributed by atoms with van der Waals surface area (Å²) in [4.78, 5) is 7.00. The van der Waals surface area contributed by atoms with Crippen molar-refractivity contribution in [1.82, 2.24) is 4.98 Å². The highest BCUT2D eigenvalue weighted by Gasteiger charge is 2.18. The highest BCUT2D eigenvalue weighted by atomic mass is 79.9. The number of hydrogen-bond acceptors (Lipinski definition) is 2. The highest BCUT2D eigenvalue weighted by molar-refractivity contribution is 9.10. The molecule has 0 aliphatic carbocycles.